The minimum atomic E-state index is -0.190. The number of nitrogens with zero attached hydrogens (tertiary/aromatic N) is 1. The van der Waals surface area contributed by atoms with Gasteiger partial charge in [0.2, 0.25) is 5.91 Å². The Bertz CT molecular complexity index is 1030. The maximum absolute atomic E-state index is 12.2. The van der Waals surface area contributed by atoms with Crippen LogP contribution in [0.3, 0.4) is 0 Å². The number of carbonyl (C=O) groups excluding carboxylic acids is 2. The monoisotopic (exact) mass is 413 g/mol. The minimum absolute atomic E-state index is 0.190. The predicted octanol–water partition coefficient (Wildman–Crippen LogP) is 4.48. The van der Waals surface area contributed by atoms with Crippen molar-refractivity contribution >= 4 is 11.9 Å². The highest BCUT2D eigenvalue weighted by molar-refractivity contribution is 5.78. The summed E-state index contributed by atoms with van der Waals surface area (Å²) in [7, 11) is 0. The highest BCUT2D eigenvalue weighted by Gasteiger charge is 2.19. The van der Waals surface area contributed by atoms with Crippen LogP contribution in [-0.4, -0.2) is 23.4 Å². The normalized spacial score (nSPS) is 13.3. The molecule has 2 N–H and O–H groups in total. The Hall–Kier alpha value is -3.60. The van der Waals surface area contributed by atoms with E-state index in [1.54, 1.807) is 0 Å². The van der Waals surface area contributed by atoms with Crippen molar-refractivity contribution in [2.24, 2.45) is 0 Å². The lowest BCUT2D eigenvalue weighted by molar-refractivity contribution is -0.128. The Balaban J connectivity index is 1.36. The number of nitrogens with one attached hydrogen (secondary N) is 2. The summed E-state index contributed by atoms with van der Waals surface area (Å²) in [4.78, 5) is 26.0. The SMILES string of the molecule is O=C(NCc1ccccc1)NCc1ccccc1-c1ccc(CN2CCCC2=O)cc1. The van der Waals surface area contributed by atoms with Gasteiger partial charge in [-0.05, 0) is 34.2 Å². The summed E-state index contributed by atoms with van der Waals surface area (Å²) in [6, 6.07) is 26.1. The van der Waals surface area contributed by atoms with Gasteiger partial charge in [0, 0.05) is 32.6 Å². The molecule has 0 saturated carbocycles. The van der Waals surface area contributed by atoms with Crippen molar-refractivity contribution in [1.82, 2.24) is 15.5 Å². The molecule has 3 amide bonds. The topological polar surface area (TPSA) is 61.4 Å². The van der Waals surface area contributed by atoms with Gasteiger partial charge in [0.25, 0.3) is 0 Å². The lowest BCUT2D eigenvalue weighted by Gasteiger charge is -2.16. The van der Waals surface area contributed by atoms with E-state index < -0.39 is 0 Å². The standard InChI is InChI=1S/C26H27N3O2/c30-25-11-6-16-29(25)19-21-12-14-22(15-13-21)24-10-5-4-9-23(24)18-28-26(31)27-17-20-7-2-1-3-8-20/h1-5,7-10,12-15H,6,11,16-19H2,(H2,27,28,31). The third kappa shape index (κ3) is 5.51. The van der Waals surface area contributed by atoms with Crippen LogP contribution in [0.1, 0.15) is 29.5 Å². The van der Waals surface area contributed by atoms with Crippen LogP contribution in [0.25, 0.3) is 11.1 Å². The average Bonchev–Trinajstić information content (AvgIpc) is 3.22. The van der Waals surface area contributed by atoms with Crippen LogP contribution < -0.4 is 10.6 Å². The molecule has 1 aliphatic rings. The van der Waals surface area contributed by atoms with Crippen molar-refractivity contribution < 1.29 is 9.59 Å². The number of hydrogen-bond acceptors (Lipinski definition) is 2. The molecular formula is C26H27N3O2. The van der Waals surface area contributed by atoms with Crippen molar-refractivity contribution in [3.63, 3.8) is 0 Å². The summed E-state index contributed by atoms with van der Waals surface area (Å²) < 4.78 is 0. The molecule has 0 unspecified atom stereocenters. The van der Waals surface area contributed by atoms with Crippen LogP contribution in [0.4, 0.5) is 4.79 Å². The van der Waals surface area contributed by atoms with E-state index in [1.165, 1.54) is 0 Å². The van der Waals surface area contributed by atoms with Crippen molar-refractivity contribution in [2.45, 2.75) is 32.5 Å². The Morgan fingerprint density at radius 2 is 1.52 bits per heavy atom. The fraction of sp³-hybridized carbons (Fsp3) is 0.231. The summed E-state index contributed by atoms with van der Waals surface area (Å²) in [5.74, 6) is 0.242. The zero-order chi connectivity index (χ0) is 21.5. The van der Waals surface area contributed by atoms with Crippen LogP contribution in [0.5, 0.6) is 0 Å². The van der Waals surface area contributed by atoms with Crippen molar-refractivity contribution in [3.8, 4) is 11.1 Å². The average molecular weight is 414 g/mol. The van der Waals surface area contributed by atoms with Crippen molar-refractivity contribution in [3.05, 3.63) is 95.6 Å². The summed E-state index contributed by atoms with van der Waals surface area (Å²) >= 11 is 0. The number of benzene rings is 3. The summed E-state index contributed by atoms with van der Waals surface area (Å²) in [5.41, 5.74) is 5.44. The van der Waals surface area contributed by atoms with Crippen LogP contribution in [-0.2, 0) is 24.4 Å². The van der Waals surface area contributed by atoms with E-state index in [4.69, 9.17) is 0 Å². The molecule has 3 aromatic rings. The molecule has 3 aromatic carbocycles. The molecule has 158 valence electrons. The number of hydrogen-bond donors (Lipinski definition) is 2. The van der Waals surface area contributed by atoms with Gasteiger partial charge in [0.15, 0.2) is 0 Å². The predicted molar refractivity (Wildman–Crippen MR) is 122 cm³/mol. The molecule has 4 rings (SSSR count). The van der Waals surface area contributed by atoms with Gasteiger partial charge in [-0.15, -0.1) is 0 Å². The summed E-state index contributed by atoms with van der Waals surface area (Å²) in [6.45, 7) is 2.46. The first-order chi connectivity index (χ1) is 15.2. The van der Waals surface area contributed by atoms with Crippen LogP contribution in [0.2, 0.25) is 0 Å². The Labute approximate surface area is 183 Å². The Kier molecular flexibility index (Phi) is 6.62. The van der Waals surface area contributed by atoms with E-state index in [-0.39, 0.29) is 11.9 Å². The van der Waals surface area contributed by atoms with E-state index in [0.29, 0.717) is 26.1 Å². The van der Waals surface area contributed by atoms with E-state index in [2.05, 4.69) is 41.0 Å². The van der Waals surface area contributed by atoms with Gasteiger partial charge in [-0.25, -0.2) is 4.79 Å². The van der Waals surface area contributed by atoms with Gasteiger partial charge < -0.3 is 15.5 Å². The second kappa shape index (κ2) is 9.94. The number of likely N-dealkylation sites (tertiary alicyclic amines) is 1. The van der Waals surface area contributed by atoms with Crippen molar-refractivity contribution in [1.29, 1.82) is 0 Å². The zero-order valence-corrected chi connectivity index (χ0v) is 17.5. The van der Waals surface area contributed by atoms with Crippen LogP contribution in [0.15, 0.2) is 78.9 Å². The Morgan fingerprint density at radius 1 is 0.806 bits per heavy atom. The van der Waals surface area contributed by atoms with Gasteiger partial charge in [-0.2, -0.15) is 0 Å². The fourth-order valence-corrected chi connectivity index (χ4v) is 3.85. The molecule has 31 heavy (non-hydrogen) atoms. The summed E-state index contributed by atoms with van der Waals surface area (Å²) in [6.07, 6.45) is 1.62. The first-order valence-electron chi connectivity index (χ1n) is 10.7. The molecule has 0 bridgehead atoms. The molecule has 0 spiro atoms. The third-order valence-corrected chi connectivity index (χ3v) is 5.56. The molecule has 0 aliphatic carbocycles. The van der Waals surface area contributed by atoms with E-state index >= 15 is 0 Å². The largest absolute Gasteiger partial charge is 0.338 e. The second-order valence-corrected chi connectivity index (χ2v) is 7.79. The van der Waals surface area contributed by atoms with Gasteiger partial charge in [-0.1, -0.05) is 78.9 Å². The lowest BCUT2D eigenvalue weighted by atomic mass is 9.98. The summed E-state index contributed by atoms with van der Waals surface area (Å²) in [5, 5.41) is 5.84. The number of urea groups is 1. The molecule has 0 atom stereocenters. The first kappa shape index (κ1) is 20.7. The minimum Gasteiger partial charge on any atom is -0.338 e. The fourth-order valence-electron chi connectivity index (χ4n) is 3.85. The highest BCUT2D eigenvalue weighted by Crippen LogP contribution is 2.25. The van der Waals surface area contributed by atoms with Crippen LogP contribution >= 0.6 is 0 Å². The van der Waals surface area contributed by atoms with Crippen molar-refractivity contribution in [2.75, 3.05) is 6.54 Å². The molecule has 0 radical (unpaired) electrons. The molecule has 1 heterocycles. The molecule has 1 saturated heterocycles. The van der Waals surface area contributed by atoms with E-state index in [9.17, 15) is 9.59 Å². The second-order valence-electron chi connectivity index (χ2n) is 7.79. The smallest absolute Gasteiger partial charge is 0.315 e. The molecule has 0 aromatic heterocycles. The van der Waals surface area contributed by atoms with E-state index in [1.807, 2.05) is 53.4 Å². The molecule has 1 fully saturated rings. The molecule has 5 nitrogen and oxygen atoms in total. The molecule has 1 aliphatic heterocycles. The number of rotatable bonds is 7. The third-order valence-electron chi connectivity index (χ3n) is 5.56. The first-order valence-corrected chi connectivity index (χ1v) is 10.7. The maximum atomic E-state index is 12.2. The Morgan fingerprint density at radius 3 is 2.26 bits per heavy atom. The lowest BCUT2D eigenvalue weighted by Crippen LogP contribution is -2.34. The molecular weight excluding hydrogens is 386 g/mol. The van der Waals surface area contributed by atoms with Gasteiger partial charge >= 0.3 is 6.03 Å². The zero-order valence-electron chi connectivity index (χ0n) is 17.5. The van der Waals surface area contributed by atoms with E-state index in [0.717, 1.165) is 40.8 Å². The number of carbonyl (C=O) groups is 2. The maximum Gasteiger partial charge on any atom is 0.315 e. The highest BCUT2D eigenvalue weighted by atomic mass is 16.2. The molecule has 5 heteroatoms. The quantitative estimate of drug-likeness (QED) is 0.600. The van der Waals surface area contributed by atoms with Gasteiger partial charge in [0.05, 0.1) is 0 Å². The van der Waals surface area contributed by atoms with Crippen LogP contribution in [0, 0.1) is 0 Å². The van der Waals surface area contributed by atoms with Gasteiger partial charge in [-0.3, -0.25) is 4.79 Å². The number of amides is 3. The van der Waals surface area contributed by atoms with Gasteiger partial charge in [0.1, 0.15) is 0 Å².